The van der Waals surface area contributed by atoms with E-state index in [9.17, 15) is 4.79 Å². The number of aryl methyl sites for hydroxylation is 1. The highest BCUT2D eigenvalue weighted by Crippen LogP contribution is 2.21. The molecule has 3 rings (SSSR count). The molecule has 0 radical (unpaired) electrons. The first-order valence-electron chi connectivity index (χ1n) is 8.72. The van der Waals surface area contributed by atoms with Crippen molar-refractivity contribution in [2.75, 3.05) is 35.2 Å². The van der Waals surface area contributed by atoms with Crippen LogP contribution in [0, 0.1) is 0 Å². The number of hydrogen-bond donors (Lipinski definition) is 2. The number of rotatable bonds is 6. The Bertz CT molecular complexity index is 658. The Morgan fingerprint density at radius 3 is 2.21 bits per heavy atom. The summed E-state index contributed by atoms with van der Waals surface area (Å²) in [5.41, 5.74) is 4.33. The molecular formula is C20H25N3O. The zero-order chi connectivity index (χ0) is 16.8. The van der Waals surface area contributed by atoms with Gasteiger partial charge in [0.2, 0.25) is 5.91 Å². The molecule has 0 unspecified atom stereocenters. The lowest BCUT2D eigenvalue weighted by atomic mass is 10.1. The lowest BCUT2D eigenvalue weighted by Gasteiger charge is -2.18. The van der Waals surface area contributed by atoms with Crippen molar-refractivity contribution in [2.45, 2.75) is 26.2 Å². The summed E-state index contributed by atoms with van der Waals surface area (Å²) in [6.07, 6.45) is 3.56. The van der Waals surface area contributed by atoms with Gasteiger partial charge in [-0.25, -0.2) is 0 Å². The van der Waals surface area contributed by atoms with Crippen molar-refractivity contribution in [3.05, 3.63) is 54.1 Å². The Morgan fingerprint density at radius 1 is 0.958 bits per heavy atom. The maximum atomic E-state index is 12.0. The second-order valence-electron chi connectivity index (χ2n) is 6.19. The zero-order valence-corrected chi connectivity index (χ0v) is 14.2. The molecule has 2 aromatic rings. The van der Waals surface area contributed by atoms with E-state index in [1.165, 1.54) is 24.1 Å². The number of nitrogens with zero attached hydrogens (tertiary/aromatic N) is 1. The van der Waals surface area contributed by atoms with Gasteiger partial charge in [0.05, 0.1) is 6.54 Å². The van der Waals surface area contributed by atoms with Gasteiger partial charge in [-0.05, 0) is 61.2 Å². The van der Waals surface area contributed by atoms with Gasteiger partial charge in [0.1, 0.15) is 0 Å². The number of carbonyl (C=O) groups is 1. The summed E-state index contributed by atoms with van der Waals surface area (Å²) in [5, 5.41) is 6.08. The maximum absolute atomic E-state index is 12.0. The molecule has 1 amide bonds. The van der Waals surface area contributed by atoms with E-state index in [0.717, 1.165) is 30.9 Å². The van der Waals surface area contributed by atoms with Crippen LogP contribution in [-0.4, -0.2) is 25.5 Å². The van der Waals surface area contributed by atoms with Gasteiger partial charge in [-0.1, -0.05) is 19.1 Å². The third kappa shape index (κ3) is 4.28. The van der Waals surface area contributed by atoms with Crippen molar-refractivity contribution in [2.24, 2.45) is 0 Å². The summed E-state index contributed by atoms with van der Waals surface area (Å²) < 4.78 is 0. The maximum Gasteiger partial charge on any atom is 0.243 e. The molecule has 1 heterocycles. The molecule has 0 atom stereocenters. The van der Waals surface area contributed by atoms with Gasteiger partial charge in [0, 0.05) is 30.2 Å². The van der Waals surface area contributed by atoms with Gasteiger partial charge >= 0.3 is 0 Å². The summed E-state index contributed by atoms with van der Waals surface area (Å²) in [4.78, 5) is 14.4. The van der Waals surface area contributed by atoms with Gasteiger partial charge in [-0.3, -0.25) is 4.79 Å². The molecule has 0 aliphatic carbocycles. The number of amides is 1. The van der Waals surface area contributed by atoms with E-state index in [4.69, 9.17) is 0 Å². The van der Waals surface area contributed by atoms with Crippen molar-refractivity contribution in [1.82, 2.24) is 0 Å². The predicted octanol–water partition coefficient (Wildman–Crippen LogP) is 3.90. The van der Waals surface area contributed by atoms with Crippen LogP contribution in [0.15, 0.2) is 48.5 Å². The van der Waals surface area contributed by atoms with Crippen molar-refractivity contribution in [3.63, 3.8) is 0 Å². The lowest BCUT2D eigenvalue weighted by molar-refractivity contribution is -0.114. The van der Waals surface area contributed by atoms with E-state index in [1.54, 1.807) is 0 Å². The summed E-state index contributed by atoms with van der Waals surface area (Å²) in [7, 11) is 0. The predicted molar refractivity (Wildman–Crippen MR) is 101 cm³/mol. The van der Waals surface area contributed by atoms with Crippen LogP contribution in [0.1, 0.15) is 25.3 Å². The van der Waals surface area contributed by atoms with Crippen molar-refractivity contribution < 1.29 is 4.79 Å². The molecule has 24 heavy (non-hydrogen) atoms. The number of nitrogens with one attached hydrogen (secondary N) is 2. The molecule has 2 aromatic carbocycles. The molecule has 0 spiro atoms. The van der Waals surface area contributed by atoms with E-state index < -0.39 is 0 Å². The third-order valence-corrected chi connectivity index (χ3v) is 4.44. The highest BCUT2D eigenvalue weighted by atomic mass is 16.1. The van der Waals surface area contributed by atoms with Crippen molar-refractivity contribution >= 4 is 23.0 Å². The van der Waals surface area contributed by atoms with E-state index >= 15 is 0 Å². The average molecular weight is 323 g/mol. The van der Waals surface area contributed by atoms with E-state index in [1.807, 2.05) is 36.4 Å². The molecule has 0 bridgehead atoms. The van der Waals surface area contributed by atoms with Crippen molar-refractivity contribution in [1.29, 1.82) is 0 Å². The van der Waals surface area contributed by atoms with Crippen LogP contribution in [0.25, 0.3) is 0 Å². The fourth-order valence-corrected chi connectivity index (χ4v) is 2.98. The zero-order valence-electron chi connectivity index (χ0n) is 14.2. The number of carbonyl (C=O) groups excluding carboxylic acids is 1. The first kappa shape index (κ1) is 16.4. The topological polar surface area (TPSA) is 44.4 Å². The van der Waals surface area contributed by atoms with E-state index in [2.05, 4.69) is 34.6 Å². The van der Waals surface area contributed by atoms with Crippen LogP contribution in [0.2, 0.25) is 0 Å². The lowest BCUT2D eigenvalue weighted by Crippen LogP contribution is -2.22. The fraction of sp³-hybridized carbons (Fsp3) is 0.350. The normalized spacial score (nSPS) is 13.8. The molecule has 4 nitrogen and oxygen atoms in total. The number of anilines is 3. The van der Waals surface area contributed by atoms with Crippen molar-refractivity contribution in [3.8, 4) is 0 Å². The smallest absolute Gasteiger partial charge is 0.243 e. The molecule has 0 saturated carbocycles. The second kappa shape index (κ2) is 7.86. The Balaban J connectivity index is 1.48. The number of hydrogen-bond acceptors (Lipinski definition) is 3. The quantitative estimate of drug-likeness (QED) is 0.847. The monoisotopic (exact) mass is 323 g/mol. The highest BCUT2D eigenvalue weighted by Gasteiger charge is 2.11. The van der Waals surface area contributed by atoms with E-state index in [0.29, 0.717) is 0 Å². The van der Waals surface area contributed by atoms with Gasteiger partial charge in [-0.2, -0.15) is 0 Å². The molecule has 0 aromatic heterocycles. The van der Waals surface area contributed by atoms with Gasteiger partial charge in [0.25, 0.3) is 0 Å². The Labute approximate surface area is 143 Å². The molecular weight excluding hydrogens is 298 g/mol. The Kier molecular flexibility index (Phi) is 5.36. The summed E-state index contributed by atoms with van der Waals surface area (Å²) in [6, 6.07) is 16.3. The Hall–Kier alpha value is -2.49. The largest absolute Gasteiger partial charge is 0.376 e. The summed E-state index contributed by atoms with van der Waals surface area (Å²) >= 11 is 0. The van der Waals surface area contributed by atoms with Crippen LogP contribution in [0.5, 0.6) is 0 Å². The van der Waals surface area contributed by atoms with E-state index in [-0.39, 0.29) is 12.5 Å². The number of benzene rings is 2. The average Bonchev–Trinajstić information content (AvgIpc) is 3.16. The van der Waals surface area contributed by atoms with Gasteiger partial charge in [0.15, 0.2) is 0 Å². The van der Waals surface area contributed by atoms with Gasteiger partial charge in [-0.15, -0.1) is 0 Å². The molecule has 2 N–H and O–H groups in total. The van der Waals surface area contributed by atoms with Crippen LogP contribution in [0.4, 0.5) is 17.1 Å². The molecule has 1 aliphatic rings. The van der Waals surface area contributed by atoms with Crippen LogP contribution < -0.4 is 15.5 Å². The third-order valence-electron chi connectivity index (χ3n) is 4.44. The standard InChI is InChI=1S/C20H25N3O/c1-2-16-5-7-18(8-6-16)22-20(24)15-21-17-9-11-19(12-10-17)23-13-3-4-14-23/h5-12,21H,2-4,13-15H2,1H3,(H,22,24). The first-order chi connectivity index (χ1) is 11.7. The minimum atomic E-state index is -0.0390. The molecule has 1 aliphatic heterocycles. The summed E-state index contributed by atoms with van der Waals surface area (Å²) in [6.45, 7) is 4.67. The molecule has 126 valence electrons. The fourth-order valence-electron chi connectivity index (χ4n) is 2.98. The van der Waals surface area contributed by atoms with Gasteiger partial charge < -0.3 is 15.5 Å². The summed E-state index contributed by atoms with van der Waals surface area (Å²) in [5.74, 6) is -0.0390. The highest BCUT2D eigenvalue weighted by molar-refractivity contribution is 5.93. The Morgan fingerprint density at radius 2 is 1.58 bits per heavy atom. The molecule has 1 fully saturated rings. The molecule has 4 heteroatoms. The minimum absolute atomic E-state index is 0.0390. The SMILES string of the molecule is CCc1ccc(NC(=O)CNc2ccc(N3CCCC3)cc2)cc1. The molecule has 1 saturated heterocycles. The minimum Gasteiger partial charge on any atom is -0.376 e. The first-order valence-corrected chi connectivity index (χ1v) is 8.72. The van der Waals surface area contributed by atoms with Crippen LogP contribution >= 0.6 is 0 Å². The second-order valence-corrected chi connectivity index (χ2v) is 6.19. The van der Waals surface area contributed by atoms with Crippen LogP contribution in [-0.2, 0) is 11.2 Å². The van der Waals surface area contributed by atoms with Crippen LogP contribution in [0.3, 0.4) is 0 Å².